The molecule has 32 heavy (non-hydrogen) atoms. The predicted octanol–water partition coefficient (Wildman–Crippen LogP) is 3.79. The van der Waals surface area contributed by atoms with Gasteiger partial charge < -0.3 is 19.5 Å². The van der Waals surface area contributed by atoms with Gasteiger partial charge in [0.15, 0.2) is 0 Å². The molecule has 0 radical (unpaired) electrons. The molecule has 1 fully saturated rings. The number of likely N-dealkylation sites (tertiary alicyclic amines) is 1. The Morgan fingerprint density at radius 3 is 2.22 bits per heavy atom. The lowest BCUT2D eigenvalue weighted by Crippen LogP contribution is -3.10. The van der Waals surface area contributed by atoms with E-state index in [9.17, 15) is 5.11 Å². The summed E-state index contributed by atoms with van der Waals surface area (Å²) in [6.07, 6.45) is 2.49. The van der Waals surface area contributed by atoms with Crippen LogP contribution in [-0.4, -0.2) is 38.5 Å². The SMILES string of the molecule is CCOc1ccc([C@@](O)(c2ccccc2OC)[C@H](C[NH+]2CCCC2)c2ccccc2)cc1. The van der Waals surface area contributed by atoms with Gasteiger partial charge in [0.2, 0.25) is 0 Å². The first-order chi connectivity index (χ1) is 15.7. The zero-order valence-corrected chi connectivity index (χ0v) is 19.1. The van der Waals surface area contributed by atoms with E-state index < -0.39 is 5.60 Å². The van der Waals surface area contributed by atoms with Gasteiger partial charge >= 0.3 is 0 Å². The minimum absolute atomic E-state index is 0.133. The number of ether oxygens (including phenoxy) is 2. The standard InChI is InChI=1S/C28H33NO3/c1-3-32-24-17-15-23(16-18-24)28(30,25-13-7-8-14-27(25)31-2)26(21-29-19-9-10-20-29)22-11-5-4-6-12-22/h4-8,11-18,26,30H,3,9-10,19-21H2,1-2H3/p+1/t26-,28-/m1/s1. The Kier molecular flexibility index (Phi) is 7.13. The highest BCUT2D eigenvalue weighted by Gasteiger charge is 2.45. The highest BCUT2D eigenvalue weighted by Crippen LogP contribution is 2.45. The molecule has 4 rings (SSSR count). The number of para-hydroxylation sites is 1. The molecule has 0 amide bonds. The van der Waals surface area contributed by atoms with E-state index in [1.807, 2.05) is 61.5 Å². The maximum atomic E-state index is 12.7. The zero-order chi connectivity index (χ0) is 22.4. The van der Waals surface area contributed by atoms with Gasteiger partial charge in [0.1, 0.15) is 17.1 Å². The molecule has 0 spiro atoms. The molecule has 168 valence electrons. The van der Waals surface area contributed by atoms with E-state index >= 15 is 0 Å². The molecule has 2 atom stereocenters. The Balaban J connectivity index is 1.89. The average Bonchev–Trinajstić information content (AvgIpc) is 3.37. The fourth-order valence-corrected chi connectivity index (χ4v) is 5.04. The molecule has 0 unspecified atom stereocenters. The van der Waals surface area contributed by atoms with Crippen molar-refractivity contribution in [3.05, 3.63) is 95.6 Å². The van der Waals surface area contributed by atoms with E-state index in [0.29, 0.717) is 12.4 Å². The van der Waals surface area contributed by atoms with Crippen molar-refractivity contribution in [3.8, 4) is 11.5 Å². The van der Waals surface area contributed by atoms with Crippen LogP contribution >= 0.6 is 0 Å². The molecule has 0 aliphatic carbocycles. The van der Waals surface area contributed by atoms with Crippen LogP contribution in [0.3, 0.4) is 0 Å². The van der Waals surface area contributed by atoms with Crippen molar-refractivity contribution in [1.82, 2.24) is 0 Å². The number of benzene rings is 3. The summed E-state index contributed by atoms with van der Waals surface area (Å²) in [5.41, 5.74) is 1.51. The Hall–Kier alpha value is -2.82. The highest BCUT2D eigenvalue weighted by atomic mass is 16.5. The van der Waals surface area contributed by atoms with Crippen LogP contribution in [0.4, 0.5) is 0 Å². The number of hydrogen-bond donors (Lipinski definition) is 2. The van der Waals surface area contributed by atoms with Crippen LogP contribution in [0.2, 0.25) is 0 Å². The van der Waals surface area contributed by atoms with Crippen molar-refractivity contribution < 1.29 is 19.5 Å². The molecule has 4 nitrogen and oxygen atoms in total. The van der Waals surface area contributed by atoms with Crippen molar-refractivity contribution in [2.75, 3.05) is 33.4 Å². The van der Waals surface area contributed by atoms with Crippen LogP contribution in [0.15, 0.2) is 78.9 Å². The quantitative estimate of drug-likeness (QED) is 0.541. The normalized spacial score (nSPS) is 17.0. The molecule has 2 N–H and O–H groups in total. The molecule has 1 heterocycles. The first kappa shape index (κ1) is 22.4. The lowest BCUT2D eigenvalue weighted by molar-refractivity contribution is -0.889. The fraction of sp³-hybridized carbons (Fsp3) is 0.357. The van der Waals surface area contributed by atoms with Gasteiger partial charge in [-0.3, -0.25) is 0 Å². The third-order valence-corrected chi connectivity index (χ3v) is 6.63. The van der Waals surface area contributed by atoms with Crippen molar-refractivity contribution in [1.29, 1.82) is 0 Å². The second-order valence-electron chi connectivity index (χ2n) is 8.55. The summed E-state index contributed by atoms with van der Waals surface area (Å²) in [5.74, 6) is 1.37. The van der Waals surface area contributed by atoms with Crippen LogP contribution in [0, 0.1) is 0 Å². The summed E-state index contributed by atoms with van der Waals surface area (Å²) in [6.45, 7) is 5.74. The van der Waals surface area contributed by atoms with E-state index in [0.717, 1.165) is 42.1 Å². The van der Waals surface area contributed by atoms with Gasteiger partial charge in [0.05, 0.1) is 39.3 Å². The molecule has 1 aliphatic rings. The minimum atomic E-state index is -1.26. The molecule has 3 aromatic rings. The molecule has 4 heteroatoms. The Labute approximate surface area is 191 Å². The number of aliphatic hydroxyl groups is 1. The predicted molar refractivity (Wildman–Crippen MR) is 128 cm³/mol. The van der Waals surface area contributed by atoms with Crippen LogP contribution in [0.25, 0.3) is 0 Å². The number of hydrogen-bond acceptors (Lipinski definition) is 3. The van der Waals surface area contributed by atoms with E-state index in [-0.39, 0.29) is 5.92 Å². The zero-order valence-electron chi connectivity index (χ0n) is 19.1. The van der Waals surface area contributed by atoms with Gasteiger partial charge in [-0.25, -0.2) is 0 Å². The first-order valence-electron chi connectivity index (χ1n) is 11.6. The Bertz CT molecular complexity index is 983. The van der Waals surface area contributed by atoms with Gasteiger partial charge in [-0.1, -0.05) is 60.7 Å². The molecule has 0 aromatic heterocycles. The molecular weight excluding hydrogens is 398 g/mol. The van der Waals surface area contributed by atoms with Crippen molar-refractivity contribution in [3.63, 3.8) is 0 Å². The van der Waals surface area contributed by atoms with E-state index in [1.54, 1.807) is 7.11 Å². The van der Waals surface area contributed by atoms with Gasteiger partial charge in [-0.05, 0) is 36.2 Å². The summed E-state index contributed by atoms with van der Waals surface area (Å²) in [4.78, 5) is 1.54. The van der Waals surface area contributed by atoms with Crippen molar-refractivity contribution in [2.24, 2.45) is 0 Å². The average molecular weight is 433 g/mol. The lowest BCUT2D eigenvalue weighted by Gasteiger charge is -2.39. The lowest BCUT2D eigenvalue weighted by atomic mass is 9.72. The molecule has 1 saturated heterocycles. The van der Waals surface area contributed by atoms with E-state index in [1.165, 1.54) is 17.7 Å². The van der Waals surface area contributed by atoms with Gasteiger partial charge in [-0.2, -0.15) is 0 Å². The molecule has 0 bridgehead atoms. The van der Waals surface area contributed by atoms with E-state index in [2.05, 4.69) is 24.3 Å². The number of nitrogens with one attached hydrogen (secondary N) is 1. The number of rotatable bonds is 9. The second kappa shape index (κ2) is 10.2. The van der Waals surface area contributed by atoms with Gasteiger partial charge in [0.25, 0.3) is 0 Å². The third-order valence-electron chi connectivity index (χ3n) is 6.63. The second-order valence-corrected chi connectivity index (χ2v) is 8.55. The maximum Gasteiger partial charge on any atom is 0.130 e. The molecule has 1 aliphatic heterocycles. The summed E-state index contributed by atoms with van der Waals surface area (Å²) < 4.78 is 11.4. The number of quaternary nitrogens is 1. The van der Waals surface area contributed by atoms with Gasteiger partial charge in [0, 0.05) is 18.4 Å². The minimum Gasteiger partial charge on any atom is -0.496 e. The maximum absolute atomic E-state index is 12.7. The van der Waals surface area contributed by atoms with Crippen LogP contribution in [0.1, 0.15) is 42.4 Å². The topological polar surface area (TPSA) is 43.1 Å². The molecular formula is C28H34NO3+. The van der Waals surface area contributed by atoms with Crippen molar-refractivity contribution >= 4 is 0 Å². The smallest absolute Gasteiger partial charge is 0.130 e. The first-order valence-corrected chi connectivity index (χ1v) is 11.6. The Morgan fingerprint density at radius 1 is 0.906 bits per heavy atom. The van der Waals surface area contributed by atoms with Crippen LogP contribution in [0.5, 0.6) is 11.5 Å². The molecule has 3 aromatic carbocycles. The summed E-state index contributed by atoms with van der Waals surface area (Å²) in [6, 6.07) is 26.1. The fourth-order valence-electron chi connectivity index (χ4n) is 5.04. The van der Waals surface area contributed by atoms with Crippen molar-refractivity contribution in [2.45, 2.75) is 31.3 Å². The van der Waals surface area contributed by atoms with Crippen LogP contribution in [-0.2, 0) is 5.60 Å². The monoisotopic (exact) mass is 432 g/mol. The van der Waals surface area contributed by atoms with Crippen LogP contribution < -0.4 is 14.4 Å². The Morgan fingerprint density at radius 2 is 1.56 bits per heavy atom. The summed E-state index contributed by atoms with van der Waals surface area (Å²) in [7, 11) is 1.67. The summed E-state index contributed by atoms with van der Waals surface area (Å²) >= 11 is 0. The largest absolute Gasteiger partial charge is 0.496 e. The highest BCUT2D eigenvalue weighted by molar-refractivity contribution is 5.49. The third kappa shape index (κ3) is 4.52. The van der Waals surface area contributed by atoms with E-state index in [4.69, 9.17) is 9.47 Å². The molecule has 0 saturated carbocycles. The number of methoxy groups -OCH3 is 1. The summed E-state index contributed by atoms with van der Waals surface area (Å²) in [5, 5.41) is 12.7. The van der Waals surface area contributed by atoms with Gasteiger partial charge in [-0.15, -0.1) is 0 Å².